The fourth-order valence-corrected chi connectivity index (χ4v) is 2.41. The Balaban J connectivity index is 2.11. The van der Waals surface area contributed by atoms with Crippen molar-refractivity contribution in [2.75, 3.05) is 0 Å². The monoisotopic (exact) mass is 269 g/mol. The molecule has 1 N–H and O–H groups in total. The standard InChI is InChI=1S/C13H8ClN5/c14-13-17-11(12-15-5-6-19(12)18-13)9-7-16-10-4-2-1-3-8(9)10/h1-7,16H. The second kappa shape index (κ2) is 3.80. The van der Waals surface area contributed by atoms with Crippen LogP contribution in [0.5, 0.6) is 0 Å². The van der Waals surface area contributed by atoms with Crippen molar-refractivity contribution in [1.29, 1.82) is 0 Å². The molecule has 4 aromatic rings. The molecule has 0 amide bonds. The zero-order chi connectivity index (χ0) is 12.8. The summed E-state index contributed by atoms with van der Waals surface area (Å²) in [5, 5.41) is 5.37. The molecular formula is C13H8ClN5. The summed E-state index contributed by atoms with van der Waals surface area (Å²) in [6, 6.07) is 8.03. The Morgan fingerprint density at radius 1 is 1.21 bits per heavy atom. The highest BCUT2D eigenvalue weighted by Crippen LogP contribution is 2.29. The van der Waals surface area contributed by atoms with E-state index < -0.39 is 0 Å². The predicted octanol–water partition coefficient (Wildman–Crippen LogP) is 2.93. The van der Waals surface area contributed by atoms with E-state index in [0.717, 1.165) is 22.2 Å². The van der Waals surface area contributed by atoms with Crippen LogP contribution in [0, 0.1) is 0 Å². The van der Waals surface area contributed by atoms with Gasteiger partial charge in [-0.15, -0.1) is 5.10 Å². The van der Waals surface area contributed by atoms with Gasteiger partial charge in [-0.25, -0.2) is 14.5 Å². The zero-order valence-corrected chi connectivity index (χ0v) is 10.5. The topological polar surface area (TPSA) is 58.9 Å². The van der Waals surface area contributed by atoms with Crippen molar-refractivity contribution in [1.82, 2.24) is 24.6 Å². The number of rotatable bonds is 1. The third-order valence-corrected chi connectivity index (χ3v) is 3.23. The molecule has 5 nitrogen and oxygen atoms in total. The zero-order valence-electron chi connectivity index (χ0n) is 9.71. The molecular weight excluding hydrogens is 262 g/mol. The number of hydrogen-bond donors (Lipinski definition) is 1. The first-order valence-electron chi connectivity index (χ1n) is 5.76. The molecule has 0 saturated heterocycles. The van der Waals surface area contributed by atoms with E-state index in [0.29, 0.717) is 5.65 Å². The Morgan fingerprint density at radius 2 is 2.11 bits per heavy atom. The van der Waals surface area contributed by atoms with Crippen molar-refractivity contribution in [3.8, 4) is 11.3 Å². The van der Waals surface area contributed by atoms with Crippen molar-refractivity contribution < 1.29 is 0 Å². The molecule has 1 aromatic carbocycles. The highest BCUT2D eigenvalue weighted by atomic mass is 35.5. The highest BCUT2D eigenvalue weighted by Gasteiger charge is 2.13. The van der Waals surface area contributed by atoms with Gasteiger partial charge in [0, 0.05) is 35.1 Å². The third kappa shape index (κ3) is 1.52. The number of nitrogens with zero attached hydrogens (tertiary/aromatic N) is 4. The molecule has 92 valence electrons. The smallest absolute Gasteiger partial charge is 0.241 e. The quantitative estimate of drug-likeness (QED) is 0.578. The Bertz CT molecular complexity index is 892. The summed E-state index contributed by atoms with van der Waals surface area (Å²) in [5.74, 6) is 0. The van der Waals surface area contributed by atoms with Gasteiger partial charge in [-0.2, -0.15) is 0 Å². The van der Waals surface area contributed by atoms with Gasteiger partial charge in [0.15, 0.2) is 5.65 Å². The van der Waals surface area contributed by atoms with E-state index in [4.69, 9.17) is 11.6 Å². The maximum Gasteiger partial charge on any atom is 0.241 e. The van der Waals surface area contributed by atoms with E-state index in [1.807, 2.05) is 30.5 Å². The van der Waals surface area contributed by atoms with E-state index in [1.54, 1.807) is 16.9 Å². The number of aromatic nitrogens is 5. The summed E-state index contributed by atoms with van der Waals surface area (Å²) < 4.78 is 1.63. The lowest BCUT2D eigenvalue weighted by Gasteiger charge is -2.02. The summed E-state index contributed by atoms with van der Waals surface area (Å²) in [4.78, 5) is 11.8. The Labute approximate surface area is 112 Å². The number of nitrogens with one attached hydrogen (secondary N) is 1. The molecule has 0 aliphatic rings. The first-order valence-corrected chi connectivity index (χ1v) is 6.14. The van der Waals surface area contributed by atoms with Crippen LogP contribution in [-0.2, 0) is 0 Å². The van der Waals surface area contributed by atoms with Gasteiger partial charge < -0.3 is 4.98 Å². The van der Waals surface area contributed by atoms with Gasteiger partial charge in [0.1, 0.15) is 5.69 Å². The first kappa shape index (κ1) is 10.5. The number of hydrogen-bond acceptors (Lipinski definition) is 3. The molecule has 0 aliphatic heterocycles. The highest BCUT2D eigenvalue weighted by molar-refractivity contribution is 6.28. The van der Waals surface area contributed by atoms with Crippen LogP contribution in [0.15, 0.2) is 42.9 Å². The van der Waals surface area contributed by atoms with Crippen molar-refractivity contribution in [3.63, 3.8) is 0 Å². The number of imidazole rings is 1. The van der Waals surface area contributed by atoms with Crippen LogP contribution < -0.4 is 0 Å². The molecule has 19 heavy (non-hydrogen) atoms. The van der Waals surface area contributed by atoms with Gasteiger partial charge >= 0.3 is 0 Å². The van der Waals surface area contributed by atoms with Crippen molar-refractivity contribution in [2.45, 2.75) is 0 Å². The van der Waals surface area contributed by atoms with Gasteiger partial charge in [-0.1, -0.05) is 18.2 Å². The summed E-state index contributed by atoms with van der Waals surface area (Å²) in [6.45, 7) is 0. The van der Waals surface area contributed by atoms with Crippen LogP contribution in [0.4, 0.5) is 0 Å². The van der Waals surface area contributed by atoms with E-state index in [-0.39, 0.29) is 5.28 Å². The number of para-hydroxylation sites is 1. The summed E-state index contributed by atoms with van der Waals surface area (Å²) >= 11 is 5.97. The normalized spacial score (nSPS) is 11.4. The molecule has 0 unspecified atom stereocenters. The van der Waals surface area contributed by atoms with Crippen LogP contribution >= 0.6 is 11.6 Å². The van der Waals surface area contributed by atoms with Crippen LogP contribution in [-0.4, -0.2) is 24.6 Å². The van der Waals surface area contributed by atoms with Crippen LogP contribution in [0.3, 0.4) is 0 Å². The molecule has 0 spiro atoms. The molecule has 0 atom stereocenters. The molecule has 0 aliphatic carbocycles. The first-order chi connectivity index (χ1) is 9.33. The molecule has 6 heteroatoms. The van der Waals surface area contributed by atoms with E-state index >= 15 is 0 Å². The van der Waals surface area contributed by atoms with Crippen molar-refractivity contribution in [3.05, 3.63) is 48.1 Å². The fraction of sp³-hybridized carbons (Fsp3) is 0. The molecule has 3 heterocycles. The molecule has 0 bridgehead atoms. The molecule has 0 radical (unpaired) electrons. The third-order valence-electron chi connectivity index (χ3n) is 3.07. The molecule has 3 aromatic heterocycles. The van der Waals surface area contributed by atoms with Crippen LogP contribution in [0.1, 0.15) is 0 Å². The lowest BCUT2D eigenvalue weighted by Crippen LogP contribution is -1.97. The molecule has 4 rings (SSSR count). The van der Waals surface area contributed by atoms with Crippen molar-refractivity contribution in [2.24, 2.45) is 0 Å². The lowest BCUT2D eigenvalue weighted by atomic mass is 10.1. The molecule has 0 fully saturated rings. The van der Waals surface area contributed by atoms with Crippen molar-refractivity contribution >= 4 is 28.2 Å². The van der Waals surface area contributed by atoms with Crippen LogP contribution in [0.25, 0.3) is 27.8 Å². The van der Waals surface area contributed by atoms with Gasteiger partial charge in [-0.05, 0) is 17.7 Å². The number of benzene rings is 1. The van der Waals surface area contributed by atoms with Gasteiger partial charge in [-0.3, -0.25) is 0 Å². The summed E-state index contributed by atoms with van der Waals surface area (Å²) in [6.07, 6.45) is 5.35. The van der Waals surface area contributed by atoms with E-state index in [9.17, 15) is 0 Å². The Hall–Kier alpha value is -2.40. The minimum atomic E-state index is 0.200. The predicted molar refractivity (Wildman–Crippen MR) is 73.1 cm³/mol. The van der Waals surface area contributed by atoms with Gasteiger partial charge in [0.05, 0.1) is 0 Å². The maximum absolute atomic E-state index is 5.97. The van der Waals surface area contributed by atoms with E-state index in [1.165, 1.54) is 0 Å². The van der Waals surface area contributed by atoms with Gasteiger partial charge in [0.25, 0.3) is 0 Å². The maximum atomic E-state index is 5.97. The number of halogens is 1. The lowest BCUT2D eigenvalue weighted by molar-refractivity contribution is 0.902. The fourth-order valence-electron chi connectivity index (χ4n) is 2.25. The molecule has 0 saturated carbocycles. The second-order valence-corrected chi connectivity index (χ2v) is 4.51. The Morgan fingerprint density at radius 3 is 3.05 bits per heavy atom. The summed E-state index contributed by atoms with van der Waals surface area (Å²) in [7, 11) is 0. The van der Waals surface area contributed by atoms with Crippen LogP contribution in [0.2, 0.25) is 5.28 Å². The second-order valence-electron chi connectivity index (χ2n) is 4.17. The SMILES string of the molecule is Clc1nc(-c2c[nH]c3ccccc23)c2nccn2n1. The number of aromatic amines is 1. The minimum absolute atomic E-state index is 0.200. The average Bonchev–Trinajstić information content (AvgIpc) is 3.03. The van der Waals surface area contributed by atoms with Gasteiger partial charge in [0.2, 0.25) is 5.28 Å². The average molecular weight is 270 g/mol. The Kier molecular flexibility index (Phi) is 2.10. The van der Waals surface area contributed by atoms with E-state index in [2.05, 4.69) is 20.1 Å². The minimum Gasteiger partial charge on any atom is -0.360 e. The summed E-state index contributed by atoms with van der Waals surface area (Å²) in [5.41, 5.74) is 3.43. The number of fused-ring (bicyclic) bond motifs is 2. The largest absolute Gasteiger partial charge is 0.360 e. The number of H-pyrrole nitrogens is 1.